The number of rotatable bonds is 7. The lowest BCUT2D eigenvalue weighted by Crippen LogP contribution is -2.28. The molecule has 0 aliphatic rings. The maximum Gasteiger partial charge on any atom is 0.338 e. The first-order valence-corrected chi connectivity index (χ1v) is 9.58. The fraction of sp³-hybridized carbons (Fsp3) is 0.227. The average Bonchev–Trinajstić information content (AvgIpc) is 2.98. The third-order valence-electron chi connectivity index (χ3n) is 4.56. The van der Waals surface area contributed by atoms with Crippen molar-refractivity contribution in [2.45, 2.75) is 26.9 Å². The van der Waals surface area contributed by atoms with Crippen molar-refractivity contribution >= 4 is 23.5 Å². The van der Waals surface area contributed by atoms with Gasteiger partial charge in [0, 0.05) is 22.8 Å². The summed E-state index contributed by atoms with van der Waals surface area (Å²) in [5.41, 5.74) is 4.26. The van der Waals surface area contributed by atoms with Crippen molar-refractivity contribution in [3.05, 3.63) is 87.7 Å². The Balaban J connectivity index is 1.54. The molecule has 150 valence electrons. The third-order valence-corrected chi connectivity index (χ3v) is 4.80. The number of nitrogens with one attached hydrogen (secondary N) is 1. The maximum atomic E-state index is 12.1. The van der Waals surface area contributed by atoms with Crippen LogP contribution >= 0.6 is 11.6 Å². The van der Waals surface area contributed by atoms with E-state index in [9.17, 15) is 9.59 Å². The van der Waals surface area contributed by atoms with Gasteiger partial charge in [0.2, 0.25) is 0 Å². The van der Waals surface area contributed by atoms with Crippen LogP contribution in [0.3, 0.4) is 0 Å². The number of aryl methyl sites for hydroxylation is 1. The summed E-state index contributed by atoms with van der Waals surface area (Å²) in [5, 5.41) is 7.79. The third kappa shape index (κ3) is 5.45. The van der Waals surface area contributed by atoms with E-state index in [1.165, 1.54) is 6.07 Å². The summed E-state index contributed by atoms with van der Waals surface area (Å²) in [5.74, 6) is -0.972. The molecular weight excluding hydrogens is 390 g/mol. The normalized spacial score (nSPS) is 10.6. The van der Waals surface area contributed by atoms with E-state index in [1.807, 2.05) is 48.9 Å². The van der Waals surface area contributed by atoms with Crippen LogP contribution in [0.5, 0.6) is 0 Å². The second-order valence-corrected chi connectivity index (χ2v) is 7.09. The topological polar surface area (TPSA) is 73.2 Å². The van der Waals surface area contributed by atoms with E-state index in [-0.39, 0.29) is 12.5 Å². The van der Waals surface area contributed by atoms with Crippen LogP contribution in [0.15, 0.2) is 54.6 Å². The fourth-order valence-electron chi connectivity index (χ4n) is 2.97. The van der Waals surface area contributed by atoms with Crippen molar-refractivity contribution in [3.63, 3.8) is 0 Å². The smallest absolute Gasteiger partial charge is 0.338 e. The summed E-state index contributed by atoms with van der Waals surface area (Å²) in [6, 6.07) is 16.4. The molecule has 0 saturated heterocycles. The van der Waals surface area contributed by atoms with Crippen molar-refractivity contribution < 1.29 is 14.3 Å². The molecule has 0 aliphatic heterocycles. The van der Waals surface area contributed by atoms with Gasteiger partial charge in [-0.1, -0.05) is 48.0 Å². The highest BCUT2D eigenvalue weighted by Crippen LogP contribution is 2.15. The molecule has 7 heteroatoms. The van der Waals surface area contributed by atoms with Gasteiger partial charge in [-0.3, -0.25) is 9.48 Å². The molecular formula is C22H22ClN3O3. The van der Waals surface area contributed by atoms with Crippen LogP contribution in [0.25, 0.3) is 0 Å². The quantitative estimate of drug-likeness (QED) is 0.602. The lowest BCUT2D eigenvalue weighted by molar-refractivity contribution is -0.124. The maximum absolute atomic E-state index is 12.1. The van der Waals surface area contributed by atoms with E-state index in [2.05, 4.69) is 10.4 Å². The molecule has 0 aliphatic carbocycles. The predicted molar refractivity (Wildman–Crippen MR) is 111 cm³/mol. The minimum Gasteiger partial charge on any atom is -0.452 e. The number of carbonyl (C=O) groups is 2. The molecule has 2 aromatic carbocycles. The Morgan fingerprint density at radius 1 is 1.10 bits per heavy atom. The molecule has 1 N–H and O–H groups in total. The largest absolute Gasteiger partial charge is 0.452 e. The van der Waals surface area contributed by atoms with E-state index in [0.29, 0.717) is 23.7 Å². The zero-order valence-electron chi connectivity index (χ0n) is 16.3. The monoisotopic (exact) mass is 411 g/mol. The van der Waals surface area contributed by atoms with Gasteiger partial charge in [0.25, 0.3) is 5.91 Å². The first kappa shape index (κ1) is 20.6. The molecule has 1 aromatic heterocycles. The van der Waals surface area contributed by atoms with Crippen LogP contribution in [-0.4, -0.2) is 28.3 Å². The molecule has 0 bridgehead atoms. The van der Waals surface area contributed by atoms with E-state index in [4.69, 9.17) is 16.3 Å². The van der Waals surface area contributed by atoms with E-state index in [0.717, 1.165) is 22.5 Å². The number of benzene rings is 2. The number of nitrogens with zero attached hydrogens (tertiary/aromatic N) is 2. The molecule has 29 heavy (non-hydrogen) atoms. The minimum atomic E-state index is -0.592. The van der Waals surface area contributed by atoms with Crippen molar-refractivity contribution in [1.82, 2.24) is 15.1 Å². The van der Waals surface area contributed by atoms with Crippen LogP contribution in [0.2, 0.25) is 5.02 Å². The number of hydrogen-bond donors (Lipinski definition) is 1. The van der Waals surface area contributed by atoms with Crippen LogP contribution in [0.1, 0.15) is 32.9 Å². The van der Waals surface area contributed by atoms with Crippen molar-refractivity contribution in [2.24, 2.45) is 0 Å². The van der Waals surface area contributed by atoms with E-state index >= 15 is 0 Å². The van der Waals surface area contributed by atoms with Gasteiger partial charge in [-0.05, 0) is 37.6 Å². The highest BCUT2D eigenvalue weighted by molar-refractivity contribution is 6.30. The van der Waals surface area contributed by atoms with Gasteiger partial charge in [0.15, 0.2) is 6.61 Å². The van der Waals surface area contributed by atoms with Crippen molar-refractivity contribution in [1.29, 1.82) is 0 Å². The van der Waals surface area contributed by atoms with E-state index < -0.39 is 5.97 Å². The highest BCUT2D eigenvalue weighted by atomic mass is 35.5. The molecule has 0 unspecified atom stereocenters. The summed E-state index contributed by atoms with van der Waals surface area (Å²) < 4.78 is 6.97. The molecule has 0 atom stereocenters. The molecule has 6 nitrogen and oxygen atoms in total. The number of aromatic nitrogens is 2. The van der Waals surface area contributed by atoms with Gasteiger partial charge >= 0.3 is 5.97 Å². The van der Waals surface area contributed by atoms with Gasteiger partial charge in [-0.15, -0.1) is 0 Å². The van der Waals surface area contributed by atoms with Crippen LogP contribution in [0.4, 0.5) is 0 Å². The summed E-state index contributed by atoms with van der Waals surface area (Å²) in [7, 11) is 0. The number of ether oxygens (including phenoxy) is 1. The van der Waals surface area contributed by atoms with E-state index in [1.54, 1.807) is 18.2 Å². The summed E-state index contributed by atoms with van der Waals surface area (Å²) in [4.78, 5) is 24.1. The van der Waals surface area contributed by atoms with Gasteiger partial charge in [0.05, 0.1) is 17.8 Å². The molecule has 3 aromatic rings. The predicted octanol–water partition coefficient (Wildman–Crippen LogP) is 3.67. The molecule has 0 spiro atoms. The van der Waals surface area contributed by atoms with Crippen molar-refractivity contribution in [3.8, 4) is 0 Å². The summed E-state index contributed by atoms with van der Waals surface area (Å²) >= 11 is 5.86. The molecule has 1 heterocycles. The van der Waals surface area contributed by atoms with Crippen molar-refractivity contribution in [2.75, 3.05) is 6.61 Å². The highest BCUT2D eigenvalue weighted by Gasteiger charge is 2.14. The Morgan fingerprint density at radius 3 is 2.59 bits per heavy atom. The van der Waals surface area contributed by atoms with Gasteiger partial charge in [0.1, 0.15) is 0 Å². The lowest BCUT2D eigenvalue weighted by atomic mass is 10.2. The molecule has 0 radical (unpaired) electrons. The second-order valence-electron chi connectivity index (χ2n) is 6.66. The Kier molecular flexibility index (Phi) is 6.67. The summed E-state index contributed by atoms with van der Waals surface area (Å²) in [6.45, 7) is 4.51. The SMILES string of the molecule is Cc1nn(Cc2ccccc2)c(C)c1CNC(=O)COC(=O)c1cccc(Cl)c1. The Morgan fingerprint density at radius 2 is 1.86 bits per heavy atom. The van der Waals surface area contributed by atoms with Gasteiger partial charge in [-0.2, -0.15) is 5.10 Å². The van der Waals surface area contributed by atoms with Crippen LogP contribution in [0, 0.1) is 13.8 Å². The number of amides is 1. The zero-order chi connectivity index (χ0) is 20.8. The molecule has 1 amide bonds. The molecule has 3 rings (SSSR count). The Hall–Kier alpha value is -3.12. The fourth-order valence-corrected chi connectivity index (χ4v) is 3.16. The van der Waals surface area contributed by atoms with Crippen LogP contribution in [-0.2, 0) is 22.6 Å². The van der Waals surface area contributed by atoms with Gasteiger partial charge < -0.3 is 10.1 Å². The first-order chi connectivity index (χ1) is 13.9. The lowest BCUT2D eigenvalue weighted by Gasteiger charge is -2.08. The standard InChI is InChI=1S/C22H22ClN3O3/c1-15-20(16(2)26(25-15)13-17-7-4-3-5-8-17)12-24-21(27)14-29-22(28)18-9-6-10-19(23)11-18/h3-11H,12-14H2,1-2H3,(H,24,27). The molecule has 0 fully saturated rings. The number of hydrogen-bond acceptors (Lipinski definition) is 4. The Bertz CT molecular complexity index is 1020. The zero-order valence-corrected chi connectivity index (χ0v) is 17.1. The number of carbonyl (C=O) groups excluding carboxylic acids is 2. The Labute approximate surface area is 174 Å². The minimum absolute atomic E-state index is 0.305. The second kappa shape index (κ2) is 9.39. The number of esters is 1. The average molecular weight is 412 g/mol. The van der Waals surface area contributed by atoms with Crippen LogP contribution < -0.4 is 5.32 Å². The van der Waals surface area contributed by atoms with Gasteiger partial charge in [-0.25, -0.2) is 4.79 Å². The summed E-state index contributed by atoms with van der Waals surface area (Å²) in [6.07, 6.45) is 0. The number of halogens is 1. The first-order valence-electron chi connectivity index (χ1n) is 9.20. The molecule has 0 saturated carbocycles.